The summed E-state index contributed by atoms with van der Waals surface area (Å²) < 4.78 is 5.32. The summed E-state index contributed by atoms with van der Waals surface area (Å²) in [5, 5.41) is 0.441. The molecule has 3 N–H and O–H groups in total. The van der Waals surface area contributed by atoms with Crippen LogP contribution in [0.25, 0.3) is 0 Å². The SMILES string of the molecule is NC(=O)CC1COCCN1C(=O)c1cnc(SCc2ccccc2)[nH]c1=O. The molecule has 1 saturated heterocycles. The maximum absolute atomic E-state index is 12.8. The number of benzene rings is 1. The number of amides is 2. The van der Waals surface area contributed by atoms with Crippen molar-refractivity contribution < 1.29 is 14.3 Å². The first kappa shape index (κ1) is 19.1. The Kier molecular flexibility index (Phi) is 6.25. The summed E-state index contributed by atoms with van der Waals surface area (Å²) in [6.45, 7) is 0.850. The first-order valence-corrected chi connectivity index (χ1v) is 9.46. The molecular formula is C18H20N4O4S. The molecule has 9 heteroatoms. The first-order valence-electron chi connectivity index (χ1n) is 8.47. The van der Waals surface area contributed by atoms with Gasteiger partial charge in [0.1, 0.15) is 5.56 Å². The Bertz CT molecular complexity index is 871. The minimum atomic E-state index is -0.525. The Morgan fingerprint density at radius 1 is 1.33 bits per heavy atom. The van der Waals surface area contributed by atoms with Crippen LogP contribution >= 0.6 is 11.8 Å². The number of aromatic nitrogens is 2. The average molecular weight is 388 g/mol. The molecule has 1 fully saturated rings. The van der Waals surface area contributed by atoms with Crippen LogP contribution in [0.1, 0.15) is 22.3 Å². The summed E-state index contributed by atoms with van der Waals surface area (Å²) in [6, 6.07) is 9.32. The number of rotatable bonds is 6. The van der Waals surface area contributed by atoms with E-state index in [-0.39, 0.29) is 18.6 Å². The average Bonchev–Trinajstić information content (AvgIpc) is 2.67. The van der Waals surface area contributed by atoms with Gasteiger partial charge >= 0.3 is 0 Å². The van der Waals surface area contributed by atoms with Crippen LogP contribution in [0.15, 0.2) is 46.5 Å². The molecule has 1 aliphatic rings. The lowest BCUT2D eigenvalue weighted by Gasteiger charge is -2.34. The van der Waals surface area contributed by atoms with Crippen LogP contribution in [-0.2, 0) is 15.3 Å². The van der Waals surface area contributed by atoms with E-state index in [2.05, 4.69) is 9.97 Å². The predicted octanol–water partition coefficient (Wildman–Crippen LogP) is 0.779. The highest BCUT2D eigenvalue weighted by Crippen LogP contribution is 2.18. The normalized spacial score (nSPS) is 16.9. The third-order valence-electron chi connectivity index (χ3n) is 4.15. The van der Waals surface area contributed by atoms with Crippen molar-refractivity contribution in [2.24, 2.45) is 5.73 Å². The highest BCUT2D eigenvalue weighted by atomic mass is 32.2. The number of ether oxygens (including phenoxy) is 1. The smallest absolute Gasteiger partial charge is 0.264 e. The number of H-pyrrole nitrogens is 1. The highest BCUT2D eigenvalue weighted by Gasteiger charge is 2.30. The highest BCUT2D eigenvalue weighted by molar-refractivity contribution is 7.98. The number of nitrogens with zero attached hydrogens (tertiary/aromatic N) is 2. The molecule has 142 valence electrons. The number of nitrogens with one attached hydrogen (secondary N) is 1. The summed E-state index contributed by atoms with van der Waals surface area (Å²) in [7, 11) is 0. The van der Waals surface area contributed by atoms with Gasteiger partial charge in [-0.05, 0) is 5.56 Å². The van der Waals surface area contributed by atoms with Crippen molar-refractivity contribution in [3.05, 3.63) is 58.0 Å². The van der Waals surface area contributed by atoms with Crippen molar-refractivity contribution in [3.63, 3.8) is 0 Å². The topological polar surface area (TPSA) is 118 Å². The van der Waals surface area contributed by atoms with E-state index in [4.69, 9.17) is 10.5 Å². The van der Waals surface area contributed by atoms with Crippen LogP contribution < -0.4 is 11.3 Å². The number of morpholine rings is 1. The Hall–Kier alpha value is -2.65. The van der Waals surface area contributed by atoms with Gasteiger partial charge in [-0.3, -0.25) is 14.4 Å². The maximum Gasteiger partial charge on any atom is 0.264 e. The number of nitrogens with two attached hydrogens (primary N) is 1. The number of thioether (sulfide) groups is 1. The second-order valence-electron chi connectivity index (χ2n) is 6.10. The molecule has 2 aromatic rings. The first-order chi connectivity index (χ1) is 13.0. The molecule has 2 amide bonds. The van der Waals surface area contributed by atoms with E-state index < -0.39 is 23.4 Å². The van der Waals surface area contributed by atoms with E-state index >= 15 is 0 Å². The van der Waals surface area contributed by atoms with Crippen LogP contribution in [0.2, 0.25) is 0 Å². The van der Waals surface area contributed by atoms with E-state index in [1.165, 1.54) is 22.9 Å². The van der Waals surface area contributed by atoms with Crippen LogP contribution in [0, 0.1) is 0 Å². The Morgan fingerprint density at radius 3 is 2.81 bits per heavy atom. The number of hydrogen-bond donors (Lipinski definition) is 2. The molecule has 1 aliphatic heterocycles. The lowest BCUT2D eigenvalue weighted by molar-refractivity contribution is -0.120. The van der Waals surface area contributed by atoms with Gasteiger partial charge < -0.3 is 20.4 Å². The fourth-order valence-corrected chi connectivity index (χ4v) is 3.60. The van der Waals surface area contributed by atoms with Crippen molar-refractivity contribution in [1.82, 2.24) is 14.9 Å². The van der Waals surface area contributed by atoms with E-state index in [1.807, 2.05) is 30.3 Å². The fraction of sp³-hybridized carbons (Fsp3) is 0.333. The molecule has 2 heterocycles. The molecule has 0 saturated carbocycles. The summed E-state index contributed by atoms with van der Waals surface area (Å²) in [5.41, 5.74) is 5.78. The molecule has 27 heavy (non-hydrogen) atoms. The van der Waals surface area contributed by atoms with Crippen molar-refractivity contribution in [2.75, 3.05) is 19.8 Å². The van der Waals surface area contributed by atoms with Gasteiger partial charge in [0.25, 0.3) is 11.5 Å². The zero-order chi connectivity index (χ0) is 19.2. The summed E-state index contributed by atoms with van der Waals surface area (Å²) >= 11 is 1.38. The van der Waals surface area contributed by atoms with Crippen molar-refractivity contribution in [2.45, 2.75) is 23.4 Å². The number of carbonyl (C=O) groups is 2. The number of primary amides is 1. The number of carbonyl (C=O) groups excluding carboxylic acids is 2. The van der Waals surface area contributed by atoms with Gasteiger partial charge in [-0.2, -0.15) is 0 Å². The van der Waals surface area contributed by atoms with Crippen LogP contribution in [0.3, 0.4) is 0 Å². The Morgan fingerprint density at radius 2 is 2.11 bits per heavy atom. The second-order valence-corrected chi connectivity index (χ2v) is 7.07. The van der Waals surface area contributed by atoms with Gasteiger partial charge in [-0.25, -0.2) is 4.98 Å². The minimum Gasteiger partial charge on any atom is -0.377 e. The Labute approximate surface area is 160 Å². The number of hydrogen-bond acceptors (Lipinski definition) is 6. The molecule has 0 bridgehead atoms. The standard InChI is InChI=1S/C18H20N4O4S/c19-15(23)8-13-10-26-7-6-22(13)17(25)14-9-20-18(21-16(14)24)27-11-12-4-2-1-3-5-12/h1-5,9,13H,6-8,10-11H2,(H2,19,23)(H,20,21,24). The molecule has 0 radical (unpaired) electrons. The summed E-state index contributed by atoms with van der Waals surface area (Å²) in [5.74, 6) is -0.345. The molecule has 1 unspecified atom stereocenters. The monoisotopic (exact) mass is 388 g/mol. The number of aromatic amines is 1. The predicted molar refractivity (Wildman–Crippen MR) is 100 cm³/mol. The van der Waals surface area contributed by atoms with Gasteiger partial charge in [-0.15, -0.1) is 0 Å². The zero-order valence-corrected chi connectivity index (χ0v) is 15.4. The molecular weight excluding hydrogens is 368 g/mol. The van der Waals surface area contributed by atoms with Crippen molar-refractivity contribution in [1.29, 1.82) is 0 Å². The van der Waals surface area contributed by atoms with Gasteiger partial charge in [0, 0.05) is 24.9 Å². The van der Waals surface area contributed by atoms with Gasteiger partial charge in [-0.1, -0.05) is 42.1 Å². The molecule has 8 nitrogen and oxygen atoms in total. The second kappa shape index (κ2) is 8.83. The van der Waals surface area contributed by atoms with Gasteiger partial charge in [0.05, 0.1) is 19.3 Å². The van der Waals surface area contributed by atoms with E-state index in [9.17, 15) is 14.4 Å². The fourth-order valence-electron chi connectivity index (χ4n) is 2.81. The third kappa shape index (κ3) is 4.95. The summed E-state index contributed by atoms with van der Waals surface area (Å²) in [4.78, 5) is 44.7. The van der Waals surface area contributed by atoms with Gasteiger partial charge in [0.15, 0.2) is 5.16 Å². The molecule has 0 aliphatic carbocycles. The molecule has 0 spiro atoms. The molecule has 1 aromatic carbocycles. The van der Waals surface area contributed by atoms with Crippen LogP contribution in [0.5, 0.6) is 0 Å². The Balaban J connectivity index is 1.71. The zero-order valence-electron chi connectivity index (χ0n) is 14.6. The molecule has 1 atom stereocenters. The quantitative estimate of drug-likeness (QED) is 0.558. The lowest BCUT2D eigenvalue weighted by Crippen LogP contribution is -2.51. The maximum atomic E-state index is 12.8. The van der Waals surface area contributed by atoms with Crippen molar-refractivity contribution in [3.8, 4) is 0 Å². The van der Waals surface area contributed by atoms with E-state index in [0.29, 0.717) is 24.1 Å². The van der Waals surface area contributed by atoms with Crippen LogP contribution in [-0.4, -0.2) is 52.5 Å². The van der Waals surface area contributed by atoms with Gasteiger partial charge in [0.2, 0.25) is 5.91 Å². The van der Waals surface area contributed by atoms with Crippen LogP contribution in [0.4, 0.5) is 0 Å². The molecule has 1 aromatic heterocycles. The van der Waals surface area contributed by atoms with E-state index in [0.717, 1.165) is 5.56 Å². The van der Waals surface area contributed by atoms with E-state index in [1.54, 1.807) is 0 Å². The molecule has 3 rings (SSSR count). The lowest BCUT2D eigenvalue weighted by atomic mass is 10.1. The van der Waals surface area contributed by atoms with Crippen molar-refractivity contribution >= 4 is 23.6 Å². The third-order valence-corrected chi connectivity index (χ3v) is 5.11. The largest absolute Gasteiger partial charge is 0.377 e. The summed E-state index contributed by atoms with van der Waals surface area (Å²) in [6.07, 6.45) is 1.27. The minimum absolute atomic E-state index is 0.0118.